The van der Waals surface area contributed by atoms with Crippen LogP contribution in [0, 0.1) is 0 Å². The molecule has 1 saturated carbocycles. The third-order valence-electron chi connectivity index (χ3n) is 7.44. The maximum Gasteiger partial charge on any atom is 0.413 e. The Bertz CT molecular complexity index is 1480. The van der Waals surface area contributed by atoms with Crippen molar-refractivity contribution in [3.8, 4) is 22.3 Å². The summed E-state index contributed by atoms with van der Waals surface area (Å²) in [5.41, 5.74) is 5.16. The van der Waals surface area contributed by atoms with Gasteiger partial charge < -0.3 is 14.2 Å². The number of hydrogen-bond donors (Lipinski definition) is 1. The van der Waals surface area contributed by atoms with Crippen molar-refractivity contribution in [2.75, 3.05) is 25.1 Å². The molecule has 0 bridgehead atoms. The minimum atomic E-state index is -0.587. The SMILES string of the molecule is CCOCC(OC(=O)Nc1c(-c2ccc(-c3ccc(C4(C(=O)OCC)CC4)cc3)cc2)cnn1C)c1ccccc1. The fraction of sp³-hybridized carbons (Fsp3) is 0.303. The molecule has 0 radical (unpaired) electrons. The van der Waals surface area contributed by atoms with Crippen LogP contribution in [0.3, 0.4) is 0 Å². The highest BCUT2D eigenvalue weighted by Crippen LogP contribution is 2.49. The molecule has 8 heteroatoms. The number of carbonyl (C=O) groups excluding carboxylic acids is 2. The lowest BCUT2D eigenvalue weighted by Gasteiger charge is -2.19. The summed E-state index contributed by atoms with van der Waals surface area (Å²) in [6.07, 6.45) is 2.25. The lowest BCUT2D eigenvalue weighted by molar-refractivity contribution is -0.146. The molecular formula is C33H35N3O5. The van der Waals surface area contributed by atoms with Gasteiger partial charge in [-0.05, 0) is 54.5 Å². The summed E-state index contributed by atoms with van der Waals surface area (Å²) in [6.45, 7) is 4.91. The summed E-state index contributed by atoms with van der Waals surface area (Å²) in [4.78, 5) is 25.4. The number of nitrogens with zero attached hydrogens (tertiary/aromatic N) is 2. The molecular weight excluding hydrogens is 518 g/mol. The van der Waals surface area contributed by atoms with Gasteiger partial charge in [0.05, 0.1) is 24.8 Å². The van der Waals surface area contributed by atoms with Gasteiger partial charge in [-0.1, -0.05) is 78.9 Å². The second kappa shape index (κ2) is 12.4. The topological polar surface area (TPSA) is 91.7 Å². The largest absolute Gasteiger partial charge is 0.465 e. The van der Waals surface area contributed by atoms with E-state index in [1.807, 2.05) is 92.7 Å². The quantitative estimate of drug-likeness (QED) is 0.209. The molecule has 4 aromatic rings. The van der Waals surface area contributed by atoms with Gasteiger partial charge in [0.15, 0.2) is 6.10 Å². The van der Waals surface area contributed by atoms with E-state index >= 15 is 0 Å². The van der Waals surface area contributed by atoms with Gasteiger partial charge in [0, 0.05) is 19.2 Å². The van der Waals surface area contributed by atoms with Gasteiger partial charge in [0.25, 0.3) is 0 Å². The number of benzene rings is 3. The maximum absolute atomic E-state index is 13.0. The molecule has 1 fully saturated rings. The van der Waals surface area contributed by atoms with E-state index in [-0.39, 0.29) is 12.6 Å². The number of hydrogen-bond acceptors (Lipinski definition) is 6. The van der Waals surface area contributed by atoms with E-state index in [1.54, 1.807) is 17.9 Å². The van der Waals surface area contributed by atoms with Gasteiger partial charge in [0.1, 0.15) is 5.82 Å². The predicted octanol–water partition coefficient (Wildman–Crippen LogP) is 6.68. The summed E-state index contributed by atoms with van der Waals surface area (Å²) in [5, 5.41) is 7.23. The molecule has 5 rings (SSSR count). The van der Waals surface area contributed by atoms with E-state index in [9.17, 15) is 9.59 Å². The van der Waals surface area contributed by atoms with Crippen LogP contribution in [-0.2, 0) is 31.5 Å². The van der Waals surface area contributed by atoms with Crippen LogP contribution < -0.4 is 5.32 Å². The molecule has 41 heavy (non-hydrogen) atoms. The normalized spacial score (nSPS) is 14.2. The van der Waals surface area contributed by atoms with Crippen LogP contribution in [0.5, 0.6) is 0 Å². The zero-order chi connectivity index (χ0) is 28.8. The van der Waals surface area contributed by atoms with E-state index in [0.717, 1.165) is 46.2 Å². The summed E-state index contributed by atoms with van der Waals surface area (Å²) in [7, 11) is 1.77. The predicted molar refractivity (Wildman–Crippen MR) is 157 cm³/mol. The van der Waals surface area contributed by atoms with Crippen molar-refractivity contribution < 1.29 is 23.8 Å². The van der Waals surface area contributed by atoms with Crippen LogP contribution in [0.25, 0.3) is 22.3 Å². The van der Waals surface area contributed by atoms with Gasteiger partial charge in [-0.2, -0.15) is 5.10 Å². The van der Waals surface area contributed by atoms with Gasteiger partial charge in [0.2, 0.25) is 0 Å². The van der Waals surface area contributed by atoms with Crippen molar-refractivity contribution in [3.63, 3.8) is 0 Å². The van der Waals surface area contributed by atoms with E-state index in [1.165, 1.54) is 0 Å². The molecule has 1 aliphatic rings. The average molecular weight is 554 g/mol. The number of aryl methyl sites for hydroxylation is 1. The number of carbonyl (C=O) groups is 2. The van der Waals surface area contributed by atoms with Gasteiger partial charge in [-0.15, -0.1) is 0 Å². The Hall–Kier alpha value is -4.43. The number of amides is 1. The molecule has 0 saturated heterocycles. The van der Waals surface area contributed by atoms with Crippen LogP contribution in [0.1, 0.15) is 43.9 Å². The van der Waals surface area contributed by atoms with E-state index < -0.39 is 17.6 Å². The lowest BCUT2D eigenvalue weighted by atomic mass is 9.93. The molecule has 1 atom stereocenters. The second-order valence-corrected chi connectivity index (χ2v) is 10.1. The Kier molecular flexibility index (Phi) is 8.50. The molecule has 1 N–H and O–H groups in total. The standard InChI is InChI=1S/C33H35N3O5/c1-4-39-22-29(26-9-7-6-8-10-26)41-32(38)35-30-28(21-34-36(30)3)25-13-11-23(12-14-25)24-15-17-27(18-16-24)33(19-20-33)31(37)40-5-2/h6-18,21,29H,4-5,19-20,22H2,1-3H3,(H,35,38). The number of esters is 1. The zero-order valence-electron chi connectivity index (χ0n) is 23.6. The van der Waals surface area contributed by atoms with Gasteiger partial charge >= 0.3 is 12.1 Å². The molecule has 1 heterocycles. The number of nitrogens with one attached hydrogen (secondary N) is 1. The Morgan fingerprint density at radius 3 is 2.15 bits per heavy atom. The zero-order valence-corrected chi connectivity index (χ0v) is 23.6. The van der Waals surface area contributed by atoms with Gasteiger partial charge in [-0.25, -0.2) is 4.79 Å². The third kappa shape index (κ3) is 6.18. The Labute approximate surface area is 240 Å². The lowest BCUT2D eigenvalue weighted by Crippen LogP contribution is -2.23. The monoisotopic (exact) mass is 553 g/mol. The third-order valence-corrected chi connectivity index (χ3v) is 7.44. The highest BCUT2D eigenvalue weighted by atomic mass is 16.6. The van der Waals surface area contributed by atoms with Crippen molar-refractivity contribution in [1.29, 1.82) is 0 Å². The van der Waals surface area contributed by atoms with Crippen molar-refractivity contribution in [1.82, 2.24) is 9.78 Å². The fourth-order valence-electron chi connectivity index (χ4n) is 4.97. The van der Waals surface area contributed by atoms with Crippen LogP contribution in [0.4, 0.5) is 10.6 Å². The minimum Gasteiger partial charge on any atom is -0.465 e. The van der Waals surface area contributed by atoms with Crippen LogP contribution in [0.2, 0.25) is 0 Å². The molecule has 1 unspecified atom stereocenters. The highest BCUT2D eigenvalue weighted by molar-refractivity contribution is 5.90. The smallest absolute Gasteiger partial charge is 0.413 e. The van der Waals surface area contributed by atoms with Crippen LogP contribution in [-0.4, -0.2) is 41.7 Å². The molecule has 3 aromatic carbocycles. The maximum atomic E-state index is 13.0. The molecule has 0 aliphatic heterocycles. The number of ether oxygens (including phenoxy) is 3. The summed E-state index contributed by atoms with van der Waals surface area (Å²) < 4.78 is 18.2. The minimum absolute atomic E-state index is 0.133. The molecule has 1 aliphatic carbocycles. The summed E-state index contributed by atoms with van der Waals surface area (Å²) in [5.74, 6) is 0.399. The highest BCUT2D eigenvalue weighted by Gasteiger charge is 2.52. The van der Waals surface area contributed by atoms with Crippen molar-refractivity contribution in [2.45, 2.75) is 38.2 Å². The first-order chi connectivity index (χ1) is 19.9. The average Bonchev–Trinajstić information content (AvgIpc) is 3.75. The Balaban J connectivity index is 1.29. The fourth-order valence-corrected chi connectivity index (χ4v) is 4.97. The molecule has 0 spiro atoms. The van der Waals surface area contributed by atoms with Crippen LogP contribution in [0.15, 0.2) is 85.1 Å². The first-order valence-corrected chi connectivity index (χ1v) is 14.0. The second-order valence-electron chi connectivity index (χ2n) is 10.1. The Morgan fingerprint density at radius 2 is 1.54 bits per heavy atom. The van der Waals surface area contributed by atoms with E-state index in [2.05, 4.69) is 10.4 Å². The summed E-state index contributed by atoms with van der Waals surface area (Å²) >= 11 is 0. The van der Waals surface area contributed by atoms with Gasteiger partial charge in [-0.3, -0.25) is 14.8 Å². The Morgan fingerprint density at radius 1 is 0.902 bits per heavy atom. The van der Waals surface area contributed by atoms with E-state index in [4.69, 9.17) is 14.2 Å². The first kappa shape index (κ1) is 28.1. The van der Waals surface area contributed by atoms with Crippen molar-refractivity contribution in [2.24, 2.45) is 7.05 Å². The van der Waals surface area contributed by atoms with E-state index in [0.29, 0.717) is 19.0 Å². The molecule has 8 nitrogen and oxygen atoms in total. The molecule has 1 aromatic heterocycles. The summed E-state index contributed by atoms with van der Waals surface area (Å²) in [6, 6.07) is 25.7. The number of aromatic nitrogens is 2. The molecule has 212 valence electrons. The number of anilines is 1. The molecule has 1 amide bonds. The van der Waals surface area contributed by atoms with Crippen molar-refractivity contribution >= 4 is 17.9 Å². The van der Waals surface area contributed by atoms with Crippen molar-refractivity contribution in [3.05, 3.63) is 96.2 Å². The van der Waals surface area contributed by atoms with Crippen LogP contribution >= 0.6 is 0 Å². The number of rotatable bonds is 11. The first-order valence-electron chi connectivity index (χ1n) is 14.0.